The van der Waals surface area contributed by atoms with Crippen molar-refractivity contribution in [2.75, 3.05) is 7.11 Å². The van der Waals surface area contributed by atoms with E-state index in [0.29, 0.717) is 29.1 Å². The van der Waals surface area contributed by atoms with E-state index in [2.05, 4.69) is 4.74 Å². The van der Waals surface area contributed by atoms with Crippen LogP contribution >= 0.6 is 0 Å². The molecular formula is C23H36F3N3O6. The standard InChI is InChI=1S/C23H36F3N3O6/c1-15(30)27-21(23(24,25)26)20-18(28(16(2)31)22(34)29(20)17(3)32)13-11-9-7-5-6-8-10-12-14-19(33)35-4/h18,20-21H,5-14H2,1-4H3,(H,27,30)/t18-,20+,21?/m1/s1. The van der Waals surface area contributed by atoms with Crippen LogP contribution in [0.4, 0.5) is 18.0 Å². The van der Waals surface area contributed by atoms with E-state index in [1.54, 1.807) is 0 Å². The number of alkyl halides is 3. The van der Waals surface area contributed by atoms with Gasteiger partial charge in [0.25, 0.3) is 0 Å². The van der Waals surface area contributed by atoms with E-state index in [9.17, 15) is 37.1 Å². The molecule has 12 heteroatoms. The second-order valence-corrected chi connectivity index (χ2v) is 8.78. The average molecular weight is 508 g/mol. The molecule has 1 unspecified atom stereocenters. The fourth-order valence-corrected chi connectivity index (χ4v) is 4.46. The minimum absolute atomic E-state index is 0.0745. The number of hydrogen-bond acceptors (Lipinski definition) is 6. The van der Waals surface area contributed by atoms with Gasteiger partial charge in [0.15, 0.2) is 0 Å². The molecular weight excluding hydrogens is 471 g/mol. The van der Waals surface area contributed by atoms with Crippen molar-refractivity contribution >= 4 is 29.7 Å². The van der Waals surface area contributed by atoms with Gasteiger partial charge in [-0.2, -0.15) is 13.2 Å². The highest BCUT2D eigenvalue weighted by molar-refractivity contribution is 6.03. The van der Waals surface area contributed by atoms with E-state index < -0.39 is 48.1 Å². The molecule has 5 amide bonds. The highest BCUT2D eigenvalue weighted by Crippen LogP contribution is 2.35. The van der Waals surface area contributed by atoms with Gasteiger partial charge in [0.1, 0.15) is 6.04 Å². The Balaban J connectivity index is 2.79. The van der Waals surface area contributed by atoms with Gasteiger partial charge in [-0.3, -0.25) is 29.0 Å². The van der Waals surface area contributed by atoms with Crippen LogP contribution in [0, 0.1) is 0 Å². The molecule has 1 aliphatic heterocycles. The van der Waals surface area contributed by atoms with Crippen molar-refractivity contribution in [3.63, 3.8) is 0 Å². The minimum atomic E-state index is -4.94. The Morgan fingerprint density at radius 2 is 1.37 bits per heavy atom. The van der Waals surface area contributed by atoms with Crippen LogP contribution in [0.15, 0.2) is 0 Å². The predicted molar refractivity (Wildman–Crippen MR) is 120 cm³/mol. The molecule has 1 fully saturated rings. The third-order valence-corrected chi connectivity index (χ3v) is 6.03. The molecule has 0 radical (unpaired) electrons. The summed E-state index contributed by atoms with van der Waals surface area (Å²) in [6.45, 7) is 2.94. The van der Waals surface area contributed by atoms with Crippen LogP contribution in [-0.4, -0.2) is 70.9 Å². The summed E-state index contributed by atoms with van der Waals surface area (Å²) in [6, 6.07) is -6.55. The van der Waals surface area contributed by atoms with Crippen LogP contribution in [0.2, 0.25) is 0 Å². The van der Waals surface area contributed by atoms with Crippen molar-refractivity contribution in [2.45, 2.75) is 109 Å². The zero-order valence-corrected chi connectivity index (χ0v) is 20.8. The third kappa shape index (κ3) is 9.14. The lowest BCUT2D eigenvalue weighted by Gasteiger charge is -2.34. The first-order valence-electron chi connectivity index (χ1n) is 11.9. The maximum atomic E-state index is 13.9. The van der Waals surface area contributed by atoms with E-state index in [1.165, 1.54) is 7.11 Å². The Kier molecular flexibility index (Phi) is 12.2. The predicted octanol–water partition coefficient (Wildman–Crippen LogP) is 3.70. The number of unbranched alkanes of at least 4 members (excludes halogenated alkanes) is 7. The summed E-state index contributed by atoms with van der Waals surface area (Å²) < 4.78 is 46.2. The number of halogens is 3. The van der Waals surface area contributed by atoms with Crippen molar-refractivity contribution in [3.8, 4) is 0 Å². The highest BCUT2D eigenvalue weighted by atomic mass is 19.4. The van der Waals surface area contributed by atoms with Gasteiger partial charge < -0.3 is 10.1 Å². The topological polar surface area (TPSA) is 113 Å². The van der Waals surface area contributed by atoms with Crippen LogP contribution in [0.5, 0.6) is 0 Å². The Bertz CT molecular complexity index is 774. The number of imide groups is 2. The van der Waals surface area contributed by atoms with Crippen molar-refractivity contribution in [3.05, 3.63) is 0 Å². The zero-order chi connectivity index (χ0) is 26.8. The molecule has 1 heterocycles. The second-order valence-electron chi connectivity index (χ2n) is 8.78. The molecule has 1 N–H and O–H groups in total. The van der Waals surface area contributed by atoms with Gasteiger partial charge in [-0.05, 0) is 12.8 Å². The lowest BCUT2D eigenvalue weighted by molar-refractivity contribution is -0.174. The number of nitrogens with one attached hydrogen (secondary N) is 1. The quantitative estimate of drug-likeness (QED) is 0.301. The molecule has 0 bridgehead atoms. The molecule has 0 aromatic heterocycles. The molecule has 0 aromatic rings. The van der Waals surface area contributed by atoms with E-state index in [0.717, 1.165) is 59.3 Å². The third-order valence-electron chi connectivity index (χ3n) is 6.03. The van der Waals surface area contributed by atoms with E-state index in [-0.39, 0.29) is 12.4 Å². The number of hydrogen-bond donors (Lipinski definition) is 1. The summed E-state index contributed by atoms with van der Waals surface area (Å²) in [4.78, 5) is 60.8. The minimum Gasteiger partial charge on any atom is -0.469 e. The molecule has 1 aliphatic rings. The molecule has 0 saturated carbocycles. The summed E-state index contributed by atoms with van der Waals surface area (Å²) in [5.74, 6) is -2.89. The summed E-state index contributed by atoms with van der Waals surface area (Å²) in [5.41, 5.74) is 0. The molecule has 1 rings (SSSR count). The summed E-state index contributed by atoms with van der Waals surface area (Å²) >= 11 is 0. The van der Waals surface area contributed by atoms with Gasteiger partial charge >= 0.3 is 18.2 Å². The fourth-order valence-electron chi connectivity index (χ4n) is 4.46. The molecule has 200 valence electrons. The van der Waals surface area contributed by atoms with E-state index >= 15 is 0 Å². The van der Waals surface area contributed by atoms with Crippen LogP contribution < -0.4 is 5.32 Å². The Labute approximate surface area is 203 Å². The van der Waals surface area contributed by atoms with Crippen molar-refractivity contribution in [1.82, 2.24) is 15.1 Å². The first-order valence-corrected chi connectivity index (χ1v) is 11.9. The zero-order valence-electron chi connectivity index (χ0n) is 20.8. The molecule has 0 spiro atoms. The van der Waals surface area contributed by atoms with Crippen LogP contribution in [0.25, 0.3) is 0 Å². The normalized spacial score (nSPS) is 19.0. The fraction of sp³-hybridized carbons (Fsp3) is 0.783. The van der Waals surface area contributed by atoms with Crippen LogP contribution in [-0.2, 0) is 23.9 Å². The molecule has 35 heavy (non-hydrogen) atoms. The second kappa shape index (κ2) is 14.0. The number of carbonyl (C=O) groups is 5. The van der Waals surface area contributed by atoms with Gasteiger partial charge in [0, 0.05) is 27.2 Å². The number of rotatable bonds is 13. The summed E-state index contributed by atoms with van der Waals surface area (Å²) in [6.07, 6.45) is 1.90. The van der Waals surface area contributed by atoms with Gasteiger partial charge in [-0.1, -0.05) is 44.9 Å². The number of esters is 1. The molecule has 1 saturated heterocycles. The largest absolute Gasteiger partial charge is 0.469 e. The monoisotopic (exact) mass is 507 g/mol. The maximum Gasteiger partial charge on any atom is 0.410 e. The Morgan fingerprint density at radius 1 is 0.886 bits per heavy atom. The van der Waals surface area contributed by atoms with Gasteiger partial charge in [-0.15, -0.1) is 0 Å². The van der Waals surface area contributed by atoms with Crippen molar-refractivity contribution in [1.29, 1.82) is 0 Å². The van der Waals surface area contributed by atoms with Crippen LogP contribution in [0.1, 0.15) is 85.0 Å². The van der Waals surface area contributed by atoms with Gasteiger partial charge in [0.2, 0.25) is 17.7 Å². The molecule has 0 aromatic carbocycles. The molecule has 9 nitrogen and oxygen atoms in total. The summed E-state index contributed by atoms with van der Waals surface area (Å²) in [7, 11) is 1.35. The summed E-state index contributed by atoms with van der Waals surface area (Å²) in [5, 5.41) is 1.83. The number of methoxy groups -OCH3 is 1. The lowest BCUT2D eigenvalue weighted by Crippen LogP contribution is -2.60. The molecule has 3 atom stereocenters. The van der Waals surface area contributed by atoms with Crippen LogP contribution in [0.3, 0.4) is 0 Å². The Hall–Kier alpha value is -2.66. The number of nitrogens with zero attached hydrogens (tertiary/aromatic N) is 2. The van der Waals surface area contributed by atoms with Crippen molar-refractivity contribution in [2.24, 2.45) is 0 Å². The SMILES string of the molecule is COC(=O)CCCCCCCCCC[C@@H]1[C@@H](C(NC(C)=O)C(F)(F)F)N(C(C)=O)C(=O)N1C(C)=O. The van der Waals surface area contributed by atoms with Crippen molar-refractivity contribution < 1.29 is 41.9 Å². The highest BCUT2D eigenvalue weighted by Gasteiger charge is 2.59. The first kappa shape index (κ1) is 30.4. The maximum absolute atomic E-state index is 13.9. The number of ether oxygens (including phenoxy) is 1. The van der Waals surface area contributed by atoms with E-state index in [4.69, 9.17) is 0 Å². The molecule has 0 aliphatic carbocycles. The van der Waals surface area contributed by atoms with Gasteiger partial charge in [0.05, 0.1) is 19.2 Å². The first-order chi connectivity index (χ1) is 16.3. The number of carbonyl (C=O) groups excluding carboxylic acids is 5. The Morgan fingerprint density at radius 3 is 1.80 bits per heavy atom. The number of amides is 5. The average Bonchev–Trinajstić information content (AvgIpc) is 3.03. The lowest BCUT2D eigenvalue weighted by atomic mass is 9.93. The van der Waals surface area contributed by atoms with Gasteiger partial charge in [-0.25, -0.2) is 4.79 Å². The number of urea groups is 1. The van der Waals surface area contributed by atoms with E-state index in [1.807, 2.05) is 5.32 Å². The smallest absolute Gasteiger partial charge is 0.410 e.